The summed E-state index contributed by atoms with van der Waals surface area (Å²) < 4.78 is 12.6. The van der Waals surface area contributed by atoms with E-state index in [1.807, 2.05) is 0 Å². The molecule has 2 rings (SSSR count). The van der Waals surface area contributed by atoms with E-state index in [2.05, 4.69) is 5.32 Å². The Bertz CT molecular complexity index is 108. The molecular formula is C7H13ClFN. The van der Waals surface area contributed by atoms with Gasteiger partial charge in [0.05, 0.1) is 0 Å². The molecule has 60 valence electrons. The van der Waals surface area contributed by atoms with Crippen LogP contribution in [0.25, 0.3) is 0 Å². The van der Waals surface area contributed by atoms with Crippen LogP contribution >= 0.6 is 12.4 Å². The summed E-state index contributed by atoms with van der Waals surface area (Å²) in [4.78, 5) is 0. The normalized spacial score (nSPS) is 44.7. The van der Waals surface area contributed by atoms with Gasteiger partial charge in [0.25, 0.3) is 0 Å². The van der Waals surface area contributed by atoms with Crippen molar-refractivity contribution >= 4 is 12.4 Å². The number of hydrogen-bond donors (Lipinski definition) is 1. The molecule has 1 aliphatic heterocycles. The fourth-order valence-corrected chi connectivity index (χ4v) is 2.09. The van der Waals surface area contributed by atoms with Gasteiger partial charge in [0.2, 0.25) is 0 Å². The fourth-order valence-electron chi connectivity index (χ4n) is 2.09. The van der Waals surface area contributed by atoms with Crippen molar-refractivity contribution in [2.24, 2.45) is 11.8 Å². The van der Waals surface area contributed by atoms with Crippen molar-refractivity contribution in [3.8, 4) is 0 Å². The molecule has 0 amide bonds. The Kier molecular flexibility index (Phi) is 2.53. The van der Waals surface area contributed by atoms with Crippen molar-refractivity contribution in [1.82, 2.24) is 5.32 Å². The van der Waals surface area contributed by atoms with Gasteiger partial charge in [0, 0.05) is 0 Å². The lowest BCUT2D eigenvalue weighted by Gasteiger charge is -2.02. The van der Waals surface area contributed by atoms with E-state index < -0.39 is 6.17 Å². The molecule has 2 fully saturated rings. The topological polar surface area (TPSA) is 12.0 Å². The minimum atomic E-state index is -0.484. The van der Waals surface area contributed by atoms with E-state index in [1.165, 1.54) is 0 Å². The molecule has 1 aliphatic carbocycles. The van der Waals surface area contributed by atoms with Gasteiger partial charge in [0.15, 0.2) is 0 Å². The lowest BCUT2D eigenvalue weighted by molar-refractivity contribution is 0.323. The van der Waals surface area contributed by atoms with Gasteiger partial charge in [0.1, 0.15) is 6.17 Å². The second kappa shape index (κ2) is 3.05. The lowest BCUT2D eigenvalue weighted by Crippen LogP contribution is -2.11. The molecule has 2 aliphatic rings. The first-order valence-electron chi connectivity index (χ1n) is 3.71. The second-order valence-electron chi connectivity index (χ2n) is 3.25. The smallest absolute Gasteiger partial charge is 0.101 e. The Morgan fingerprint density at radius 1 is 1.10 bits per heavy atom. The molecule has 10 heavy (non-hydrogen) atoms. The van der Waals surface area contributed by atoms with Crippen LogP contribution in [-0.2, 0) is 0 Å². The van der Waals surface area contributed by atoms with Crippen LogP contribution in [-0.4, -0.2) is 19.3 Å². The van der Waals surface area contributed by atoms with E-state index in [0.29, 0.717) is 11.8 Å². The maximum Gasteiger partial charge on any atom is 0.101 e. The van der Waals surface area contributed by atoms with Crippen molar-refractivity contribution < 1.29 is 4.39 Å². The minimum Gasteiger partial charge on any atom is -0.316 e. The van der Waals surface area contributed by atoms with Gasteiger partial charge in [-0.25, -0.2) is 4.39 Å². The monoisotopic (exact) mass is 165 g/mol. The molecule has 1 nitrogen and oxygen atoms in total. The van der Waals surface area contributed by atoms with Crippen LogP contribution in [0.3, 0.4) is 0 Å². The van der Waals surface area contributed by atoms with Crippen molar-refractivity contribution in [3.63, 3.8) is 0 Å². The molecule has 0 aromatic rings. The van der Waals surface area contributed by atoms with Crippen LogP contribution in [0, 0.1) is 11.8 Å². The molecule has 0 aromatic heterocycles. The molecule has 0 radical (unpaired) electrons. The molecule has 0 spiro atoms. The van der Waals surface area contributed by atoms with Gasteiger partial charge in [-0.15, -0.1) is 12.4 Å². The van der Waals surface area contributed by atoms with Crippen LogP contribution in [0.5, 0.6) is 0 Å². The van der Waals surface area contributed by atoms with E-state index in [1.54, 1.807) is 0 Å². The van der Waals surface area contributed by atoms with Crippen molar-refractivity contribution in [1.29, 1.82) is 0 Å². The Labute approximate surface area is 66.8 Å². The third kappa shape index (κ3) is 1.28. The molecule has 3 atom stereocenters. The number of nitrogens with one attached hydrogen (secondary N) is 1. The van der Waals surface area contributed by atoms with E-state index in [0.717, 1.165) is 25.9 Å². The third-order valence-corrected chi connectivity index (χ3v) is 2.60. The summed E-state index contributed by atoms with van der Waals surface area (Å²) in [5.41, 5.74) is 0. The average molecular weight is 166 g/mol. The average Bonchev–Trinajstić information content (AvgIpc) is 2.22. The summed E-state index contributed by atoms with van der Waals surface area (Å²) in [7, 11) is 0. The summed E-state index contributed by atoms with van der Waals surface area (Å²) in [6.07, 6.45) is 1.15. The van der Waals surface area contributed by atoms with Crippen LogP contribution in [0.15, 0.2) is 0 Å². The van der Waals surface area contributed by atoms with Gasteiger partial charge in [-0.3, -0.25) is 0 Å². The first kappa shape index (κ1) is 8.28. The number of alkyl halides is 1. The molecule has 3 heteroatoms. The Morgan fingerprint density at radius 2 is 1.60 bits per heavy atom. The molecule has 0 bridgehead atoms. The highest BCUT2D eigenvalue weighted by molar-refractivity contribution is 5.85. The maximum absolute atomic E-state index is 12.6. The lowest BCUT2D eigenvalue weighted by atomic mass is 10.0. The Balaban J connectivity index is 0.000000500. The zero-order chi connectivity index (χ0) is 6.27. The highest BCUT2D eigenvalue weighted by atomic mass is 35.5. The highest BCUT2D eigenvalue weighted by Crippen LogP contribution is 2.35. The predicted octanol–water partition coefficient (Wildman–Crippen LogP) is 1.38. The Hall–Kier alpha value is 0.180. The number of rotatable bonds is 0. The van der Waals surface area contributed by atoms with Crippen LogP contribution in [0.2, 0.25) is 0 Å². The van der Waals surface area contributed by atoms with Gasteiger partial charge in [-0.05, 0) is 37.8 Å². The molecular weight excluding hydrogens is 153 g/mol. The molecule has 1 unspecified atom stereocenters. The standard InChI is InChI=1S/C7H12FN.ClH/c8-7-1-5-3-9-4-6(5)2-7;/h5-7,9H,1-4H2;1H/t5-,6+,7?;. The zero-order valence-corrected chi connectivity index (χ0v) is 6.66. The molecule has 1 N–H and O–H groups in total. The van der Waals surface area contributed by atoms with E-state index in [9.17, 15) is 4.39 Å². The zero-order valence-electron chi connectivity index (χ0n) is 5.85. The fraction of sp³-hybridized carbons (Fsp3) is 1.00. The summed E-state index contributed by atoms with van der Waals surface area (Å²) in [6.45, 7) is 2.12. The largest absolute Gasteiger partial charge is 0.316 e. The quantitative estimate of drug-likeness (QED) is 0.572. The first-order chi connectivity index (χ1) is 4.36. The van der Waals surface area contributed by atoms with Crippen molar-refractivity contribution in [3.05, 3.63) is 0 Å². The van der Waals surface area contributed by atoms with Gasteiger partial charge in [-0.2, -0.15) is 0 Å². The summed E-state index contributed by atoms with van der Waals surface area (Å²) in [5, 5.41) is 3.28. The van der Waals surface area contributed by atoms with Gasteiger partial charge >= 0.3 is 0 Å². The highest BCUT2D eigenvalue weighted by Gasteiger charge is 2.36. The third-order valence-electron chi connectivity index (χ3n) is 2.60. The van der Waals surface area contributed by atoms with Gasteiger partial charge in [-0.1, -0.05) is 0 Å². The van der Waals surface area contributed by atoms with Crippen LogP contribution in [0.4, 0.5) is 4.39 Å². The molecule has 1 heterocycles. The summed E-state index contributed by atoms with van der Waals surface area (Å²) >= 11 is 0. The molecule has 1 saturated heterocycles. The number of fused-ring (bicyclic) bond motifs is 1. The molecule has 1 saturated carbocycles. The number of halogens is 2. The minimum absolute atomic E-state index is 0. The Morgan fingerprint density at radius 3 is 2.10 bits per heavy atom. The van der Waals surface area contributed by atoms with Crippen LogP contribution in [0.1, 0.15) is 12.8 Å². The van der Waals surface area contributed by atoms with Crippen LogP contribution < -0.4 is 5.32 Å². The van der Waals surface area contributed by atoms with E-state index in [4.69, 9.17) is 0 Å². The molecule has 0 aromatic carbocycles. The summed E-state index contributed by atoms with van der Waals surface area (Å²) in [5.74, 6) is 1.33. The summed E-state index contributed by atoms with van der Waals surface area (Å²) in [6, 6.07) is 0. The van der Waals surface area contributed by atoms with Gasteiger partial charge < -0.3 is 5.32 Å². The van der Waals surface area contributed by atoms with Crippen molar-refractivity contribution in [2.45, 2.75) is 19.0 Å². The maximum atomic E-state index is 12.6. The van der Waals surface area contributed by atoms with Crippen molar-refractivity contribution in [2.75, 3.05) is 13.1 Å². The van der Waals surface area contributed by atoms with E-state index in [-0.39, 0.29) is 12.4 Å². The second-order valence-corrected chi connectivity index (χ2v) is 3.25. The van der Waals surface area contributed by atoms with E-state index >= 15 is 0 Å². The SMILES string of the molecule is Cl.FC1C[C@H]2CNC[C@H]2C1. The first-order valence-corrected chi connectivity index (χ1v) is 3.71. The predicted molar refractivity (Wildman–Crippen MR) is 41.2 cm³/mol. The number of hydrogen-bond acceptors (Lipinski definition) is 1.